The van der Waals surface area contributed by atoms with E-state index < -0.39 is 33.1 Å². The van der Waals surface area contributed by atoms with E-state index in [1.165, 1.54) is 12.1 Å². The largest absolute Gasteiger partial charge is 0.383 e. The number of hydrogen-bond acceptors (Lipinski definition) is 5. The summed E-state index contributed by atoms with van der Waals surface area (Å²) in [6.07, 6.45) is -0.00322. The van der Waals surface area contributed by atoms with Crippen molar-refractivity contribution in [2.24, 2.45) is 0 Å². The highest BCUT2D eigenvalue weighted by atomic mass is 35.5. The van der Waals surface area contributed by atoms with Gasteiger partial charge in [0.1, 0.15) is 27.4 Å². The zero-order valence-electron chi connectivity index (χ0n) is 11.4. The topological polar surface area (TPSA) is 72.8 Å². The van der Waals surface area contributed by atoms with Gasteiger partial charge in [0.05, 0.1) is 30.6 Å². The van der Waals surface area contributed by atoms with Gasteiger partial charge in [-0.05, 0) is 17.7 Å². The number of benzene rings is 1. The molecule has 1 aliphatic rings. The van der Waals surface area contributed by atoms with E-state index in [0.717, 1.165) is 12.3 Å². The van der Waals surface area contributed by atoms with Crippen LogP contribution in [-0.2, 0) is 19.3 Å². The molecule has 8 heteroatoms. The van der Waals surface area contributed by atoms with Gasteiger partial charge in [0.15, 0.2) is 0 Å². The van der Waals surface area contributed by atoms with Crippen molar-refractivity contribution in [3.8, 4) is 0 Å². The molecule has 5 nitrogen and oxygen atoms in total. The standard InChI is InChI=1S/C13H16ClFO5S/c1-21(17,18)8-13(16)7-19-4-5-20-12(13)9-2-3-10(14)11(15)6-9/h2-3,6,12,16H,4-5,7-8H2,1H3. The maximum atomic E-state index is 13.6. The van der Waals surface area contributed by atoms with E-state index in [2.05, 4.69) is 0 Å². The van der Waals surface area contributed by atoms with Crippen LogP contribution in [0.1, 0.15) is 11.7 Å². The summed E-state index contributed by atoms with van der Waals surface area (Å²) in [5, 5.41) is 10.6. The van der Waals surface area contributed by atoms with E-state index in [1.54, 1.807) is 0 Å². The monoisotopic (exact) mass is 338 g/mol. The lowest BCUT2D eigenvalue weighted by molar-refractivity contribution is -0.0947. The first-order chi connectivity index (χ1) is 9.71. The Hall–Kier alpha value is -0.730. The Labute approximate surface area is 127 Å². The van der Waals surface area contributed by atoms with Crippen LogP contribution < -0.4 is 0 Å². The number of halogens is 2. The highest BCUT2D eigenvalue weighted by Gasteiger charge is 2.43. The van der Waals surface area contributed by atoms with Gasteiger partial charge in [-0.2, -0.15) is 0 Å². The number of hydrogen-bond donors (Lipinski definition) is 1. The van der Waals surface area contributed by atoms with Crippen LogP contribution in [0.5, 0.6) is 0 Å². The quantitative estimate of drug-likeness (QED) is 0.900. The van der Waals surface area contributed by atoms with Crippen molar-refractivity contribution in [3.05, 3.63) is 34.6 Å². The molecule has 0 aromatic heterocycles. The van der Waals surface area contributed by atoms with Crippen molar-refractivity contribution in [2.45, 2.75) is 11.7 Å². The van der Waals surface area contributed by atoms with Gasteiger partial charge < -0.3 is 14.6 Å². The highest BCUT2D eigenvalue weighted by molar-refractivity contribution is 7.90. The molecule has 1 aromatic carbocycles. The zero-order chi connectivity index (χ0) is 15.7. The molecule has 21 heavy (non-hydrogen) atoms. The lowest BCUT2D eigenvalue weighted by Gasteiger charge is -2.33. The van der Waals surface area contributed by atoms with Crippen LogP contribution in [0.25, 0.3) is 0 Å². The molecule has 2 unspecified atom stereocenters. The highest BCUT2D eigenvalue weighted by Crippen LogP contribution is 2.34. The molecule has 118 valence electrons. The van der Waals surface area contributed by atoms with Crippen molar-refractivity contribution in [3.63, 3.8) is 0 Å². The normalized spacial score (nSPS) is 27.3. The van der Waals surface area contributed by atoms with Crippen molar-refractivity contribution in [2.75, 3.05) is 31.8 Å². The SMILES string of the molecule is CS(=O)(=O)CC1(O)COCCOC1c1ccc(Cl)c(F)c1. The summed E-state index contributed by atoms with van der Waals surface area (Å²) in [4.78, 5) is 0. The summed E-state index contributed by atoms with van der Waals surface area (Å²) in [7, 11) is -3.49. The molecule has 1 heterocycles. The zero-order valence-corrected chi connectivity index (χ0v) is 13.0. The first kappa shape index (κ1) is 16.6. The Bertz CT molecular complexity index is 621. The minimum Gasteiger partial charge on any atom is -0.383 e. The summed E-state index contributed by atoms with van der Waals surface area (Å²) >= 11 is 5.63. The van der Waals surface area contributed by atoms with E-state index in [-0.39, 0.29) is 24.8 Å². The van der Waals surface area contributed by atoms with Crippen LogP contribution in [-0.4, -0.2) is 51.0 Å². The van der Waals surface area contributed by atoms with Crippen LogP contribution in [0.2, 0.25) is 5.02 Å². The van der Waals surface area contributed by atoms with Crippen molar-refractivity contribution in [1.82, 2.24) is 0 Å². The average molecular weight is 339 g/mol. The molecule has 0 radical (unpaired) electrons. The van der Waals surface area contributed by atoms with Gasteiger partial charge >= 0.3 is 0 Å². The van der Waals surface area contributed by atoms with E-state index in [0.29, 0.717) is 5.56 Å². The fourth-order valence-electron chi connectivity index (χ4n) is 2.36. The van der Waals surface area contributed by atoms with Gasteiger partial charge in [0, 0.05) is 6.26 Å². The Morgan fingerprint density at radius 2 is 2.19 bits per heavy atom. The molecule has 0 bridgehead atoms. The van der Waals surface area contributed by atoms with E-state index >= 15 is 0 Å². The van der Waals surface area contributed by atoms with Crippen molar-refractivity contribution in [1.29, 1.82) is 0 Å². The molecule has 0 spiro atoms. The third kappa shape index (κ3) is 4.14. The first-order valence-electron chi connectivity index (χ1n) is 6.26. The number of ether oxygens (including phenoxy) is 2. The molecule has 2 atom stereocenters. The Morgan fingerprint density at radius 3 is 2.81 bits per heavy atom. The van der Waals surface area contributed by atoms with Crippen LogP contribution in [0.4, 0.5) is 4.39 Å². The lowest BCUT2D eigenvalue weighted by atomic mass is 9.93. The number of sulfone groups is 1. The molecule has 1 fully saturated rings. The summed E-state index contributed by atoms with van der Waals surface area (Å²) in [6, 6.07) is 3.96. The van der Waals surface area contributed by atoms with Crippen LogP contribution >= 0.6 is 11.6 Å². The van der Waals surface area contributed by atoms with Gasteiger partial charge in [-0.3, -0.25) is 0 Å². The summed E-state index contributed by atoms with van der Waals surface area (Å²) in [5.41, 5.74) is -1.47. The Morgan fingerprint density at radius 1 is 1.48 bits per heavy atom. The lowest BCUT2D eigenvalue weighted by Crippen LogP contribution is -2.46. The van der Waals surface area contributed by atoms with Gasteiger partial charge in [0.25, 0.3) is 0 Å². The first-order valence-corrected chi connectivity index (χ1v) is 8.69. The molecular formula is C13H16ClFO5S. The van der Waals surface area contributed by atoms with Crippen LogP contribution in [0.15, 0.2) is 18.2 Å². The maximum Gasteiger partial charge on any atom is 0.150 e. The third-order valence-electron chi connectivity index (χ3n) is 3.11. The molecule has 1 aromatic rings. The van der Waals surface area contributed by atoms with Crippen molar-refractivity contribution >= 4 is 21.4 Å². The molecule has 1 N–H and O–H groups in total. The van der Waals surface area contributed by atoms with Gasteiger partial charge in [-0.15, -0.1) is 0 Å². The second-order valence-electron chi connectivity index (χ2n) is 5.15. The number of aliphatic hydroxyl groups is 1. The summed E-state index contributed by atoms with van der Waals surface area (Å²) in [6.45, 7) is 0.175. The molecule has 1 saturated heterocycles. The van der Waals surface area contributed by atoms with Gasteiger partial charge in [-0.1, -0.05) is 17.7 Å². The van der Waals surface area contributed by atoms with E-state index in [4.69, 9.17) is 21.1 Å². The van der Waals surface area contributed by atoms with E-state index in [9.17, 15) is 17.9 Å². The fraction of sp³-hybridized carbons (Fsp3) is 0.538. The molecule has 0 aliphatic carbocycles. The maximum absolute atomic E-state index is 13.6. The summed E-state index contributed by atoms with van der Waals surface area (Å²) < 4.78 is 47.4. The van der Waals surface area contributed by atoms with Crippen molar-refractivity contribution < 1.29 is 27.4 Å². The number of rotatable bonds is 3. The molecule has 0 amide bonds. The smallest absolute Gasteiger partial charge is 0.150 e. The predicted octanol–water partition coefficient (Wildman–Crippen LogP) is 1.34. The van der Waals surface area contributed by atoms with Crippen LogP contribution in [0, 0.1) is 5.82 Å². The second kappa shape index (κ2) is 6.18. The molecule has 0 saturated carbocycles. The van der Waals surface area contributed by atoms with Gasteiger partial charge in [-0.25, -0.2) is 12.8 Å². The van der Waals surface area contributed by atoms with Crippen LogP contribution in [0.3, 0.4) is 0 Å². The second-order valence-corrected chi connectivity index (χ2v) is 7.70. The molecule has 2 rings (SSSR count). The average Bonchev–Trinajstić information content (AvgIpc) is 2.52. The fourth-order valence-corrected chi connectivity index (χ4v) is 3.62. The van der Waals surface area contributed by atoms with Gasteiger partial charge in [0.2, 0.25) is 0 Å². The minimum atomic E-state index is -3.49. The Balaban J connectivity index is 2.41. The molecular weight excluding hydrogens is 323 g/mol. The summed E-state index contributed by atoms with van der Waals surface area (Å²) in [5.74, 6) is -1.21. The van der Waals surface area contributed by atoms with E-state index in [1.807, 2.05) is 0 Å². The minimum absolute atomic E-state index is 0.0599. The predicted molar refractivity (Wildman–Crippen MR) is 75.6 cm³/mol. The third-order valence-corrected chi connectivity index (χ3v) is 4.44. The Kier molecular flexibility index (Phi) is 4.89. The molecule has 1 aliphatic heterocycles.